The molecule has 0 amide bonds. The summed E-state index contributed by atoms with van der Waals surface area (Å²) in [6.45, 7) is 0.272. The molecule has 1 atom stereocenters. The first-order valence-electron chi connectivity index (χ1n) is 10.1. The molecule has 1 N–H and O–H groups in total. The van der Waals surface area contributed by atoms with E-state index in [-0.39, 0.29) is 12.4 Å². The molecular weight excluding hydrogens is 443 g/mol. The molecule has 7 nitrogen and oxygen atoms in total. The van der Waals surface area contributed by atoms with Crippen LogP contribution in [0.5, 0.6) is 5.75 Å². The lowest BCUT2D eigenvalue weighted by molar-refractivity contribution is 0.306. The maximum absolute atomic E-state index is 13.9. The van der Waals surface area contributed by atoms with Gasteiger partial charge in [0.05, 0.1) is 5.56 Å². The van der Waals surface area contributed by atoms with Crippen molar-refractivity contribution in [3.8, 4) is 17.1 Å². The van der Waals surface area contributed by atoms with Crippen LogP contribution < -0.4 is 10.1 Å². The van der Waals surface area contributed by atoms with E-state index in [0.29, 0.717) is 35.2 Å². The molecule has 0 saturated heterocycles. The number of benzene rings is 3. The van der Waals surface area contributed by atoms with Gasteiger partial charge in [0.15, 0.2) is 5.82 Å². The molecule has 33 heavy (non-hydrogen) atoms. The third kappa shape index (κ3) is 6.41. The summed E-state index contributed by atoms with van der Waals surface area (Å²) in [6.07, 6.45) is 1.77. The zero-order valence-corrected chi connectivity index (χ0v) is 18.3. The minimum Gasteiger partial charge on any atom is -0.772 e. The Labute approximate surface area is 193 Å². The van der Waals surface area contributed by atoms with Crippen LogP contribution in [0.1, 0.15) is 11.1 Å². The molecule has 168 valence electrons. The maximum atomic E-state index is 13.9. The molecule has 3 aromatic carbocycles. The third-order valence-electron chi connectivity index (χ3n) is 4.73. The molecule has 4 aromatic rings. The van der Waals surface area contributed by atoms with Crippen LogP contribution in [-0.2, 0) is 24.1 Å². The van der Waals surface area contributed by atoms with Gasteiger partial charge in [-0.2, -0.15) is 4.98 Å². The van der Waals surface area contributed by atoms with Crippen molar-refractivity contribution in [2.45, 2.75) is 13.0 Å². The summed E-state index contributed by atoms with van der Waals surface area (Å²) in [5.41, 5.74) is 3.06. The van der Waals surface area contributed by atoms with Crippen LogP contribution in [0.25, 0.3) is 11.4 Å². The highest BCUT2D eigenvalue weighted by atomic mass is 32.2. The number of ether oxygens (including phenoxy) is 1. The van der Waals surface area contributed by atoms with Crippen LogP contribution in [0.3, 0.4) is 0 Å². The van der Waals surface area contributed by atoms with Crippen LogP contribution in [0, 0.1) is 5.82 Å². The molecule has 9 heteroatoms. The molecule has 0 spiro atoms. The first-order valence-corrected chi connectivity index (χ1v) is 11.4. The van der Waals surface area contributed by atoms with Crippen molar-refractivity contribution >= 4 is 22.7 Å². The van der Waals surface area contributed by atoms with Crippen LogP contribution in [0.2, 0.25) is 0 Å². The van der Waals surface area contributed by atoms with E-state index in [0.717, 1.165) is 11.1 Å². The van der Waals surface area contributed by atoms with Crippen molar-refractivity contribution in [1.82, 2.24) is 15.0 Å². The molecule has 0 aliphatic carbocycles. The second kappa shape index (κ2) is 10.8. The van der Waals surface area contributed by atoms with Crippen LogP contribution >= 0.6 is 0 Å². The number of aromatic nitrogens is 3. The Hall–Kier alpha value is -3.69. The number of nitrogens with one attached hydrogen (secondary N) is 1. The molecule has 0 bridgehead atoms. The first kappa shape index (κ1) is 22.5. The lowest BCUT2D eigenvalue weighted by Gasteiger charge is -2.12. The van der Waals surface area contributed by atoms with Gasteiger partial charge in [-0.15, -0.1) is 0 Å². The summed E-state index contributed by atoms with van der Waals surface area (Å²) in [6, 6.07) is 21.1. The summed E-state index contributed by atoms with van der Waals surface area (Å²) >= 11 is -2.10. The van der Waals surface area contributed by atoms with Crippen LogP contribution in [0.4, 0.5) is 16.0 Å². The van der Waals surface area contributed by atoms with Gasteiger partial charge in [0.25, 0.3) is 0 Å². The molecule has 0 aliphatic rings. The fourth-order valence-electron chi connectivity index (χ4n) is 3.16. The Balaban J connectivity index is 1.54. The first-order chi connectivity index (χ1) is 16.1. The van der Waals surface area contributed by atoms with Crippen LogP contribution in [-0.4, -0.2) is 29.5 Å². The SMILES string of the molecule is O=S([O-])CCc1cccc(Nc2ncnc(-c3ccc(F)cc3OCc3ccccc3)n2)c1. The Morgan fingerprint density at radius 2 is 1.79 bits per heavy atom. The van der Waals surface area contributed by atoms with Crippen LogP contribution in [0.15, 0.2) is 79.1 Å². The monoisotopic (exact) mass is 463 g/mol. The Morgan fingerprint density at radius 3 is 2.61 bits per heavy atom. The van der Waals surface area contributed by atoms with Crippen molar-refractivity contribution in [2.75, 3.05) is 11.1 Å². The zero-order chi connectivity index (χ0) is 23.0. The normalized spacial score (nSPS) is 11.7. The number of halogens is 1. The molecular formula is C24H20FN4O3S-. The van der Waals surface area contributed by atoms with Crippen molar-refractivity contribution in [1.29, 1.82) is 0 Å². The van der Waals surface area contributed by atoms with E-state index in [1.807, 2.05) is 54.6 Å². The van der Waals surface area contributed by atoms with Gasteiger partial charge in [-0.25, -0.2) is 14.4 Å². The predicted octanol–water partition coefficient (Wildman–Crippen LogP) is 4.42. The van der Waals surface area contributed by atoms with Crippen molar-refractivity contribution in [2.24, 2.45) is 0 Å². The molecule has 1 unspecified atom stereocenters. The second-order valence-corrected chi connectivity index (χ2v) is 8.15. The van der Waals surface area contributed by atoms with Gasteiger partial charge in [0.1, 0.15) is 24.5 Å². The van der Waals surface area contributed by atoms with Crippen molar-refractivity contribution in [3.63, 3.8) is 0 Å². The van der Waals surface area contributed by atoms with Gasteiger partial charge in [-0.3, -0.25) is 4.21 Å². The van der Waals surface area contributed by atoms with E-state index in [1.165, 1.54) is 18.5 Å². The van der Waals surface area contributed by atoms with E-state index in [2.05, 4.69) is 20.3 Å². The van der Waals surface area contributed by atoms with E-state index >= 15 is 0 Å². The third-order valence-corrected chi connectivity index (χ3v) is 5.27. The summed E-state index contributed by atoms with van der Waals surface area (Å²) < 4.78 is 41.4. The van der Waals surface area contributed by atoms with E-state index in [1.54, 1.807) is 6.07 Å². The standard InChI is InChI=1S/C24H21FN4O3S/c25-19-9-10-21(22(14-19)32-15-18-5-2-1-3-6-18)23-26-16-27-24(29-23)28-20-8-4-7-17(13-20)11-12-33(30)31/h1-10,13-14,16H,11-12,15H2,(H,30,31)(H,26,27,28,29)/p-1. The number of hydrogen-bond donors (Lipinski definition) is 1. The Bertz CT molecular complexity index is 1260. The Kier molecular flexibility index (Phi) is 7.33. The molecule has 0 radical (unpaired) electrons. The van der Waals surface area contributed by atoms with E-state index < -0.39 is 16.9 Å². The number of anilines is 2. The molecule has 1 aromatic heterocycles. The van der Waals surface area contributed by atoms with Crippen molar-refractivity contribution in [3.05, 3.63) is 96.1 Å². The lowest BCUT2D eigenvalue weighted by Crippen LogP contribution is -2.03. The number of hydrogen-bond acceptors (Lipinski definition) is 7. The second-order valence-electron chi connectivity index (χ2n) is 7.13. The van der Waals surface area contributed by atoms with Gasteiger partial charge in [-0.1, -0.05) is 53.5 Å². The maximum Gasteiger partial charge on any atom is 0.230 e. The van der Waals surface area contributed by atoms with Gasteiger partial charge in [0.2, 0.25) is 5.95 Å². The summed E-state index contributed by atoms with van der Waals surface area (Å²) in [5.74, 6) is 0.570. The zero-order valence-electron chi connectivity index (χ0n) is 17.5. The topological polar surface area (TPSA) is 100 Å². The highest BCUT2D eigenvalue weighted by Gasteiger charge is 2.13. The molecule has 4 rings (SSSR count). The highest BCUT2D eigenvalue weighted by Crippen LogP contribution is 2.29. The van der Waals surface area contributed by atoms with Gasteiger partial charge in [-0.05, 0) is 41.8 Å². The number of aryl methyl sites for hydroxylation is 1. The van der Waals surface area contributed by atoms with E-state index in [9.17, 15) is 13.2 Å². The minimum atomic E-state index is -2.10. The smallest absolute Gasteiger partial charge is 0.230 e. The van der Waals surface area contributed by atoms with E-state index in [4.69, 9.17) is 4.74 Å². The van der Waals surface area contributed by atoms with Gasteiger partial charge >= 0.3 is 0 Å². The Morgan fingerprint density at radius 1 is 0.970 bits per heavy atom. The summed E-state index contributed by atoms with van der Waals surface area (Å²) in [4.78, 5) is 12.8. The average molecular weight is 464 g/mol. The van der Waals surface area contributed by atoms with Gasteiger partial charge in [0, 0.05) is 17.5 Å². The quantitative estimate of drug-likeness (QED) is 0.367. The molecule has 1 heterocycles. The molecule has 0 saturated carbocycles. The van der Waals surface area contributed by atoms with Gasteiger partial charge < -0.3 is 14.6 Å². The fraction of sp³-hybridized carbons (Fsp3) is 0.125. The average Bonchev–Trinajstić information content (AvgIpc) is 2.82. The lowest BCUT2D eigenvalue weighted by atomic mass is 10.1. The highest BCUT2D eigenvalue weighted by molar-refractivity contribution is 7.79. The predicted molar refractivity (Wildman–Crippen MR) is 123 cm³/mol. The minimum absolute atomic E-state index is 0.0513. The fourth-order valence-corrected chi connectivity index (χ4v) is 3.56. The molecule has 0 aliphatic heterocycles. The largest absolute Gasteiger partial charge is 0.772 e. The van der Waals surface area contributed by atoms with Crippen molar-refractivity contribution < 1.29 is 17.9 Å². The number of nitrogens with zero attached hydrogens (tertiary/aromatic N) is 3. The summed E-state index contributed by atoms with van der Waals surface area (Å²) in [7, 11) is 0. The summed E-state index contributed by atoms with van der Waals surface area (Å²) in [5, 5.41) is 3.10. The molecule has 0 fully saturated rings. The number of rotatable bonds is 9.